The third-order valence-electron chi connectivity index (χ3n) is 2.51. The molecule has 0 spiro atoms. The van der Waals surface area contributed by atoms with Gasteiger partial charge in [0, 0.05) is 26.3 Å². The monoisotopic (exact) mass is 388 g/mol. The average Bonchev–Trinajstić information content (AvgIpc) is 2.74. The summed E-state index contributed by atoms with van der Waals surface area (Å²) in [6.45, 7) is 0. The molecule has 3 heteroatoms. The molecule has 1 radical (unpaired) electrons. The van der Waals surface area contributed by atoms with Crippen molar-refractivity contribution in [1.82, 2.24) is 0 Å². The molecule has 2 aromatic rings. The van der Waals surface area contributed by atoms with Crippen LogP contribution in [0.15, 0.2) is 54.6 Å². The number of rotatable bonds is 1. The summed E-state index contributed by atoms with van der Waals surface area (Å²) in [7, 11) is 0. The second kappa shape index (κ2) is 4.60. The minimum absolute atomic E-state index is 0. The van der Waals surface area contributed by atoms with E-state index in [2.05, 4.69) is 34.9 Å². The molecule has 2 nitrogen and oxygen atoms in total. The summed E-state index contributed by atoms with van der Waals surface area (Å²) in [5.41, 5.74) is 3.45. The Morgan fingerprint density at radius 1 is 0.688 bits per heavy atom. The smallest absolute Gasteiger partial charge is 0.0515 e. The van der Waals surface area contributed by atoms with Gasteiger partial charge in [0.2, 0.25) is 0 Å². The molecule has 0 saturated heterocycles. The van der Waals surface area contributed by atoms with E-state index in [1.165, 1.54) is 5.56 Å². The largest absolute Gasteiger partial charge is 0.393 e. The van der Waals surface area contributed by atoms with Crippen LogP contribution in [0.1, 0.15) is 5.56 Å². The Morgan fingerprint density at radius 2 is 1.19 bits per heavy atom. The Bertz CT molecular complexity index is 445. The summed E-state index contributed by atoms with van der Waals surface area (Å²) in [6, 6.07) is 18.5. The molecule has 0 bridgehead atoms. The molecule has 3 rings (SSSR count). The molecule has 0 atom stereocenters. The van der Waals surface area contributed by atoms with Gasteiger partial charge in [0.1, 0.15) is 0 Å². The summed E-state index contributed by atoms with van der Waals surface area (Å²) < 4.78 is 0. The zero-order valence-electron chi connectivity index (χ0n) is 8.53. The van der Waals surface area contributed by atoms with Crippen LogP contribution in [0.5, 0.6) is 0 Å². The summed E-state index contributed by atoms with van der Waals surface area (Å²) >= 11 is 0. The Morgan fingerprint density at radius 3 is 1.75 bits per heavy atom. The summed E-state index contributed by atoms with van der Waals surface area (Å²) in [6.07, 6.45) is 1.05. The third-order valence-corrected chi connectivity index (χ3v) is 2.51. The van der Waals surface area contributed by atoms with Crippen molar-refractivity contribution in [3.63, 3.8) is 0 Å². The Hall–Kier alpha value is -1.44. The molecule has 0 aromatic heterocycles. The first kappa shape index (κ1) is 11.1. The van der Waals surface area contributed by atoms with Gasteiger partial charge < -0.3 is 10.6 Å². The van der Waals surface area contributed by atoms with Crippen molar-refractivity contribution in [3.05, 3.63) is 66.3 Å². The maximum Gasteiger partial charge on any atom is 0.0515 e. The minimum Gasteiger partial charge on any atom is -0.393 e. The van der Waals surface area contributed by atoms with Crippen molar-refractivity contribution in [2.24, 2.45) is 0 Å². The molecule has 0 fully saturated rings. The van der Waals surface area contributed by atoms with Gasteiger partial charge in [-0.15, -0.1) is 17.7 Å². The molecule has 1 aliphatic heterocycles. The van der Waals surface area contributed by atoms with Gasteiger partial charge in [-0.05, 0) is 12.1 Å². The molecule has 0 saturated carbocycles. The summed E-state index contributed by atoms with van der Waals surface area (Å²) in [5, 5.41) is 6.71. The van der Waals surface area contributed by atoms with Crippen molar-refractivity contribution in [1.29, 1.82) is 0 Å². The van der Waals surface area contributed by atoms with Gasteiger partial charge in [-0.25, -0.2) is 0 Å². The second-order valence-corrected chi connectivity index (χ2v) is 3.54. The van der Waals surface area contributed by atoms with Crippen LogP contribution in [0.2, 0.25) is 0 Å². The van der Waals surface area contributed by atoms with Crippen LogP contribution in [0.25, 0.3) is 0 Å². The summed E-state index contributed by atoms with van der Waals surface area (Å²) in [5.74, 6) is 0. The fourth-order valence-electron chi connectivity index (χ4n) is 1.75. The number of hydrogen-bond donors (Lipinski definition) is 2. The van der Waals surface area contributed by atoms with Gasteiger partial charge in [-0.2, -0.15) is 12.1 Å². The average molecular weight is 387 g/mol. The topological polar surface area (TPSA) is 24.1 Å². The second-order valence-electron chi connectivity index (χ2n) is 3.54. The van der Waals surface area contributed by atoms with E-state index in [-0.39, 0.29) is 20.1 Å². The first-order chi connectivity index (χ1) is 7.43. The molecule has 0 amide bonds. The van der Waals surface area contributed by atoms with Crippen LogP contribution in [0.3, 0.4) is 0 Å². The van der Waals surface area contributed by atoms with Gasteiger partial charge in [-0.1, -0.05) is 18.2 Å². The fraction of sp³-hybridized carbons (Fsp3) is 0. The van der Waals surface area contributed by atoms with Gasteiger partial charge in [-0.3, -0.25) is 0 Å². The predicted octanol–water partition coefficient (Wildman–Crippen LogP) is 3.06. The number of fused-ring (bicyclic) bond motifs is 1. The number of para-hydroxylation sites is 2. The van der Waals surface area contributed by atoms with Crippen molar-refractivity contribution < 1.29 is 20.1 Å². The number of nitrogens with one attached hydrogen (secondary N) is 2. The molecular weight excluding hydrogens is 376 g/mol. The summed E-state index contributed by atoms with van der Waals surface area (Å²) in [4.78, 5) is 0. The Balaban J connectivity index is 0.000000963. The van der Waals surface area contributed by atoms with Crippen molar-refractivity contribution in [3.8, 4) is 0 Å². The van der Waals surface area contributed by atoms with E-state index in [4.69, 9.17) is 0 Å². The molecular formula is C13H11IrN2-. The van der Waals surface area contributed by atoms with Crippen molar-refractivity contribution in [2.45, 2.75) is 0 Å². The third kappa shape index (κ3) is 1.92. The van der Waals surface area contributed by atoms with Gasteiger partial charge in [0.25, 0.3) is 0 Å². The van der Waals surface area contributed by atoms with Crippen LogP contribution >= 0.6 is 0 Å². The van der Waals surface area contributed by atoms with Crippen LogP contribution in [0.4, 0.5) is 11.4 Å². The van der Waals surface area contributed by atoms with Crippen LogP contribution < -0.4 is 10.6 Å². The first-order valence-corrected chi connectivity index (χ1v) is 4.99. The molecule has 0 unspecified atom stereocenters. The standard InChI is InChI=1S/C13H11N2.Ir/c1-2-6-10(7-3-1)13-14-11-8-4-5-9-12(11)15-13;/h1-9,14-15H;/q-1;. The number of benzene rings is 2. The van der Waals surface area contributed by atoms with E-state index in [0.29, 0.717) is 0 Å². The predicted molar refractivity (Wildman–Crippen MR) is 62.5 cm³/mol. The first-order valence-electron chi connectivity index (χ1n) is 4.99. The van der Waals surface area contributed by atoms with Crippen LogP contribution in [0, 0.1) is 6.17 Å². The molecule has 1 aliphatic rings. The molecule has 0 aliphatic carbocycles. The number of hydrogen-bond acceptors (Lipinski definition) is 2. The van der Waals surface area contributed by atoms with Crippen molar-refractivity contribution in [2.75, 3.05) is 10.6 Å². The van der Waals surface area contributed by atoms with Crippen LogP contribution in [-0.4, -0.2) is 0 Å². The normalized spacial score (nSPS) is 12.1. The Labute approximate surface area is 108 Å². The molecule has 1 heterocycles. The molecule has 83 valence electrons. The maximum absolute atomic E-state index is 3.36. The van der Waals surface area contributed by atoms with E-state index in [0.717, 1.165) is 17.5 Å². The van der Waals surface area contributed by atoms with Crippen molar-refractivity contribution >= 4 is 11.4 Å². The minimum atomic E-state index is 0. The zero-order chi connectivity index (χ0) is 10.1. The maximum atomic E-state index is 3.36. The SMILES string of the molecule is [Ir].c1ccc([C-]2Nc3ccccc3N2)cc1. The zero-order valence-corrected chi connectivity index (χ0v) is 10.9. The van der Waals surface area contributed by atoms with Crippen LogP contribution in [-0.2, 0) is 20.1 Å². The molecule has 16 heavy (non-hydrogen) atoms. The van der Waals surface area contributed by atoms with E-state index in [1.54, 1.807) is 0 Å². The van der Waals surface area contributed by atoms with Gasteiger partial charge >= 0.3 is 0 Å². The van der Waals surface area contributed by atoms with E-state index < -0.39 is 0 Å². The van der Waals surface area contributed by atoms with E-state index >= 15 is 0 Å². The van der Waals surface area contributed by atoms with E-state index in [9.17, 15) is 0 Å². The molecule has 2 N–H and O–H groups in total. The molecule has 2 aromatic carbocycles. The van der Waals surface area contributed by atoms with Gasteiger partial charge in [0.05, 0.1) is 11.4 Å². The quantitative estimate of drug-likeness (QED) is 0.735. The van der Waals surface area contributed by atoms with E-state index in [1.807, 2.05) is 30.3 Å². The number of anilines is 2. The fourth-order valence-corrected chi connectivity index (χ4v) is 1.75. The van der Waals surface area contributed by atoms with Gasteiger partial charge in [0.15, 0.2) is 0 Å². The Kier molecular flexibility index (Phi) is 3.18.